The summed E-state index contributed by atoms with van der Waals surface area (Å²) < 4.78 is 33.8. The van der Waals surface area contributed by atoms with Crippen LogP contribution in [0.15, 0.2) is 52.3 Å². The molecule has 2 aromatic rings. The summed E-state index contributed by atoms with van der Waals surface area (Å²) >= 11 is 0. The van der Waals surface area contributed by atoms with Gasteiger partial charge in [-0.15, -0.1) is 0 Å². The maximum Gasteiger partial charge on any atom is 0.250 e. The summed E-state index contributed by atoms with van der Waals surface area (Å²) in [5.74, 6) is 0.738. The van der Waals surface area contributed by atoms with Crippen molar-refractivity contribution in [3.05, 3.63) is 58.5 Å². The normalized spacial score (nSPS) is 16.7. The fourth-order valence-corrected chi connectivity index (χ4v) is 4.66. The van der Waals surface area contributed by atoms with Crippen molar-refractivity contribution < 1.29 is 13.2 Å². The van der Waals surface area contributed by atoms with E-state index in [2.05, 4.69) is 0 Å². The molecule has 6 nitrogen and oxygen atoms in total. The highest BCUT2D eigenvalue weighted by Gasteiger charge is 2.30. The second-order valence-electron chi connectivity index (χ2n) is 6.27. The van der Waals surface area contributed by atoms with Crippen molar-refractivity contribution in [1.82, 2.24) is 8.87 Å². The summed E-state index contributed by atoms with van der Waals surface area (Å²) in [7, 11) is -0.295. The SMILES string of the molecule is COc1cccc(S(=O)(=O)N2CCC(c3ccn(C)c(=O)c3)CC2)c1. The molecule has 2 heterocycles. The van der Waals surface area contributed by atoms with Crippen LogP contribution < -0.4 is 10.3 Å². The van der Waals surface area contributed by atoms with E-state index in [1.165, 1.54) is 16.0 Å². The number of hydrogen-bond donors (Lipinski definition) is 0. The molecule has 0 N–H and O–H groups in total. The van der Waals surface area contributed by atoms with Crippen molar-refractivity contribution in [2.24, 2.45) is 7.05 Å². The molecule has 0 bridgehead atoms. The van der Waals surface area contributed by atoms with Gasteiger partial charge in [-0.1, -0.05) is 6.07 Å². The highest BCUT2D eigenvalue weighted by Crippen LogP contribution is 2.30. The third-order valence-corrected chi connectivity index (χ3v) is 6.63. The highest BCUT2D eigenvalue weighted by atomic mass is 32.2. The molecule has 0 saturated carbocycles. The molecule has 7 heteroatoms. The van der Waals surface area contributed by atoms with E-state index in [1.807, 2.05) is 6.07 Å². The number of piperidine rings is 1. The Morgan fingerprint density at radius 3 is 2.48 bits per heavy atom. The van der Waals surface area contributed by atoms with Crippen LogP contribution in [0.2, 0.25) is 0 Å². The maximum atomic E-state index is 12.8. The Hall–Kier alpha value is -2.12. The standard InChI is InChI=1S/C18H22N2O4S/c1-19-9-6-15(12-18(19)21)14-7-10-20(11-8-14)25(22,23)17-5-3-4-16(13-17)24-2/h3-6,9,12-14H,7-8,10-11H2,1-2H3. The molecule has 1 aromatic heterocycles. The van der Waals surface area contributed by atoms with Crippen LogP contribution in [-0.4, -0.2) is 37.5 Å². The second-order valence-corrected chi connectivity index (χ2v) is 8.20. The number of sulfonamides is 1. The van der Waals surface area contributed by atoms with E-state index in [9.17, 15) is 13.2 Å². The van der Waals surface area contributed by atoms with Crippen molar-refractivity contribution in [2.75, 3.05) is 20.2 Å². The number of aromatic nitrogens is 1. The van der Waals surface area contributed by atoms with Crippen LogP contribution in [0.25, 0.3) is 0 Å². The molecule has 0 atom stereocenters. The molecule has 0 unspecified atom stereocenters. The number of pyridine rings is 1. The van der Waals surface area contributed by atoms with Gasteiger partial charge in [-0.2, -0.15) is 4.31 Å². The molecule has 1 saturated heterocycles. The number of methoxy groups -OCH3 is 1. The first-order chi connectivity index (χ1) is 11.9. The molecule has 0 aliphatic carbocycles. The quantitative estimate of drug-likeness (QED) is 0.834. The van der Waals surface area contributed by atoms with Crippen molar-refractivity contribution in [3.8, 4) is 5.75 Å². The fourth-order valence-electron chi connectivity index (χ4n) is 3.16. The molecule has 1 aromatic carbocycles. The van der Waals surface area contributed by atoms with E-state index in [4.69, 9.17) is 4.74 Å². The van der Waals surface area contributed by atoms with Crippen LogP contribution in [0.5, 0.6) is 5.75 Å². The van der Waals surface area contributed by atoms with Crippen LogP contribution in [0.1, 0.15) is 24.3 Å². The van der Waals surface area contributed by atoms with Crippen LogP contribution in [0.3, 0.4) is 0 Å². The summed E-state index contributed by atoms with van der Waals surface area (Å²) in [6.07, 6.45) is 3.17. The van der Waals surface area contributed by atoms with E-state index in [-0.39, 0.29) is 16.4 Å². The minimum absolute atomic E-state index is 0.0380. The molecule has 1 fully saturated rings. The highest BCUT2D eigenvalue weighted by molar-refractivity contribution is 7.89. The summed E-state index contributed by atoms with van der Waals surface area (Å²) in [5.41, 5.74) is 0.950. The summed E-state index contributed by atoms with van der Waals surface area (Å²) in [4.78, 5) is 12.0. The first-order valence-corrected chi connectivity index (χ1v) is 9.66. The van der Waals surface area contributed by atoms with Crippen LogP contribution in [0, 0.1) is 0 Å². The van der Waals surface area contributed by atoms with Gasteiger partial charge in [-0.05, 0) is 42.5 Å². The summed E-state index contributed by atoms with van der Waals surface area (Å²) in [6.45, 7) is 0.888. The lowest BCUT2D eigenvalue weighted by molar-refractivity contribution is 0.319. The van der Waals surface area contributed by atoms with E-state index >= 15 is 0 Å². The average molecular weight is 362 g/mol. The van der Waals surface area contributed by atoms with Gasteiger partial charge in [0.2, 0.25) is 10.0 Å². The summed E-state index contributed by atoms with van der Waals surface area (Å²) in [6, 6.07) is 10.1. The Morgan fingerprint density at radius 2 is 1.84 bits per heavy atom. The monoisotopic (exact) mass is 362 g/mol. The zero-order valence-electron chi connectivity index (χ0n) is 14.4. The van der Waals surface area contributed by atoms with Crippen molar-refractivity contribution >= 4 is 10.0 Å². The van der Waals surface area contributed by atoms with Gasteiger partial charge in [0, 0.05) is 38.5 Å². The van der Waals surface area contributed by atoms with Gasteiger partial charge in [-0.3, -0.25) is 4.79 Å². The molecular weight excluding hydrogens is 340 g/mol. The van der Waals surface area contributed by atoms with Gasteiger partial charge in [0.1, 0.15) is 5.75 Å². The molecule has 1 aliphatic rings. The molecule has 25 heavy (non-hydrogen) atoms. The van der Waals surface area contributed by atoms with Gasteiger partial charge in [0.05, 0.1) is 12.0 Å². The lowest BCUT2D eigenvalue weighted by Gasteiger charge is -2.31. The number of benzene rings is 1. The van der Waals surface area contributed by atoms with Crippen LogP contribution in [-0.2, 0) is 17.1 Å². The minimum atomic E-state index is -3.53. The average Bonchev–Trinajstić information content (AvgIpc) is 2.64. The topological polar surface area (TPSA) is 68.6 Å². The van der Waals surface area contributed by atoms with Gasteiger partial charge >= 0.3 is 0 Å². The predicted molar refractivity (Wildman–Crippen MR) is 95.4 cm³/mol. The molecule has 0 radical (unpaired) electrons. The summed E-state index contributed by atoms with van der Waals surface area (Å²) in [5, 5.41) is 0. The zero-order chi connectivity index (χ0) is 18.0. The van der Waals surface area contributed by atoms with Crippen molar-refractivity contribution in [1.29, 1.82) is 0 Å². The molecule has 0 spiro atoms. The fraction of sp³-hybridized carbons (Fsp3) is 0.389. The first kappa shape index (κ1) is 17.7. The smallest absolute Gasteiger partial charge is 0.250 e. The third kappa shape index (κ3) is 3.62. The number of nitrogens with zero attached hydrogens (tertiary/aromatic N) is 2. The van der Waals surface area contributed by atoms with Crippen molar-refractivity contribution in [3.63, 3.8) is 0 Å². The number of hydrogen-bond acceptors (Lipinski definition) is 4. The van der Waals surface area contributed by atoms with E-state index in [1.54, 1.807) is 43.6 Å². The Morgan fingerprint density at radius 1 is 1.12 bits per heavy atom. The number of rotatable bonds is 4. The Balaban J connectivity index is 1.74. The molecule has 134 valence electrons. The Kier molecular flexibility index (Phi) is 4.96. The van der Waals surface area contributed by atoms with Crippen LogP contribution in [0.4, 0.5) is 0 Å². The number of aryl methyl sites for hydroxylation is 1. The van der Waals surface area contributed by atoms with Crippen LogP contribution >= 0.6 is 0 Å². The molecular formula is C18H22N2O4S. The lowest BCUT2D eigenvalue weighted by Crippen LogP contribution is -2.38. The van der Waals surface area contributed by atoms with Gasteiger partial charge in [-0.25, -0.2) is 8.42 Å². The van der Waals surface area contributed by atoms with E-state index < -0.39 is 10.0 Å². The predicted octanol–water partition coefficient (Wildman–Crippen LogP) is 1.96. The Bertz CT molecular complexity index is 913. The minimum Gasteiger partial charge on any atom is -0.497 e. The first-order valence-electron chi connectivity index (χ1n) is 8.22. The molecule has 0 amide bonds. The number of ether oxygens (including phenoxy) is 1. The zero-order valence-corrected chi connectivity index (χ0v) is 15.2. The Labute approximate surface area is 147 Å². The van der Waals surface area contributed by atoms with E-state index in [0.29, 0.717) is 31.7 Å². The largest absolute Gasteiger partial charge is 0.497 e. The van der Waals surface area contributed by atoms with Gasteiger partial charge in [0.25, 0.3) is 5.56 Å². The lowest BCUT2D eigenvalue weighted by atomic mass is 9.91. The second kappa shape index (κ2) is 7.01. The van der Waals surface area contributed by atoms with Gasteiger partial charge < -0.3 is 9.30 Å². The van der Waals surface area contributed by atoms with Gasteiger partial charge in [0.15, 0.2) is 0 Å². The maximum absolute atomic E-state index is 12.8. The van der Waals surface area contributed by atoms with Crippen molar-refractivity contribution in [2.45, 2.75) is 23.7 Å². The third-order valence-electron chi connectivity index (χ3n) is 4.73. The molecule has 3 rings (SSSR count). The van der Waals surface area contributed by atoms with E-state index in [0.717, 1.165) is 5.56 Å². The molecule has 1 aliphatic heterocycles.